The van der Waals surface area contributed by atoms with Gasteiger partial charge in [-0.15, -0.1) is 0 Å². The van der Waals surface area contributed by atoms with Crippen LogP contribution in [0.15, 0.2) is 18.2 Å². The van der Waals surface area contributed by atoms with Gasteiger partial charge in [0.1, 0.15) is 0 Å². The van der Waals surface area contributed by atoms with Gasteiger partial charge in [0.2, 0.25) is 5.91 Å². The smallest absolute Gasteiger partial charge is 0.251 e. The van der Waals surface area contributed by atoms with Crippen molar-refractivity contribution in [2.24, 2.45) is 17.8 Å². The van der Waals surface area contributed by atoms with Crippen LogP contribution in [0, 0.1) is 17.8 Å². The summed E-state index contributed by atoms with van der Waals surface area (Å²) in [4.78, 5) is 12.6. The molecule has 3 unspecified atom stereocenters. The zero-order valence-corrected chi connectivity index (χ0v) is 14.1. The van der Waals surface area contributed by atoms with Crippen molar-refractivity contribution in [3.05, 3.63) is 18.2 Å². The van der Waals surface area contributed by atoms with Gasteiger partial charge in [0.15, 0.2) is 11.5 Å². The normalized spacial score (nSPS) is 32.2. The lowest BCUT2D eigenvalue weighted by atomic mass is 9.88. The maximum absolute atomic E-state index is 12.6. The lowest BCUT2D eigenvalue weighted by Gasteiger charge is -2.31. The number of ether oxygens (including phenoxy) is 2. The lowest BCUT2D eigenvalue weighted by Crippen LogP contribution is -2.40. The van der Waals surface area contributed by atoms with Gasteiger partial charge in [-0.2, -0.15) is 0 Å². The van der Waals surface area contributed by atoms with E-state index in [2.05, 4.69) is 5.32 Å². The molecule has 0 aromatic heterocycles. The summed E-state index contributed by atoms with van der Waals surface area (Å²) in [5.74, 6) is 2.93. The average molecular weight is 327 g/mol. The van der Waals surface area contributed by atoms with Crippen molar-refractivity contribution in [2.45, 2.75) is 63.6 Å². The van der Waals surface area contributed by atoms with Gasteiger partial charge in [-0.3, -0.25) is 4.79 Å². The molecule has 128 valence electrons. The molecular formula is C20H25NO3. The summed E-state index contributed by atoms with van der Waals surface area (Å²) >= 11 is 0. The van der Waals surface area contributed by atoms with Crippen molar-refractivity contribution in [1.82, 2.24) is 0 Å². The van der Waals surface area contributed by atoms with Gasteiger partial charge in [-0.25, -0.2) is 0 Å². The number of carbonyl (C=O) groups excluding carboxylic acids is 1. The van der Waals surface area contributed by atoms with Gasteiger partial charge in [0.05, 0.1) is 0 Å². The highest BCUT2D eigenvalue weighted by Gasteiger charge is 2.44. The Morgan fingerprint density at radius 1 is 1.04 bits per heavy atom. The summed E-state index contributed by atoms with van der Waals surface area (Å²) in [6, 6.07) is 5.81. The minimum atomic E-state index is -0.451. The van der Waals surface area contributed by atoms with Crippen LogP contribution in [0.4, 0.5) is 5.69 Å². The first-order valence-corrected chi connectivity index (χ1v) is 9.54. The molecule has 5 rings (SSSR count). The molecule has 1 heterocycles. The van der Waals surface area contributed by atoms with Gasteiger partial charge in [0.25, 0.3) is 5.79 Å². The molecule has 24 heavy (non-hydrogen) atoms. The third-order valence-corrected chi connectivity index (χ3v) is 6.49. The quantitative estimate of drug-likeness (QED) is 0.870. The van der Waals surface area contributed by atoms with Gasteiger partial charge in [0, 0.05) is 30.5 Å². The van der Waals surface area contributed by atoms with E-state index in [1.165, 1.54) is 25.7 Å². The summed E-state index contributed by atoms with van der Waals surface area (Å²) in [6.45, 7) is 0. The van der Waals surface area contributed by atoms with Crippen molar-refractivity contribution >= 4 is 11.6 Å². The molecule has 3 aliphatic carbocycles. The van der Waals surface area contributed by atoms with E-state index in [-0.39, 0.29) is 11.8 Å². The fourth-order valence-corrected chi connectivity index (χ4v) is 5.27. The lowest BCUT2D eigenvalue weighted by molar-refractivity contribution is -0.121. The van der Waals surface area contributed by atoms with E-state index in [1.807, 2.05) is 18.2 Å². The Morgan fingerprint density at radius 3 is 2.62 bits per heavy atom. The topological polar surface area (TPSA) is 47.6 Å². The van der Waals surface area contributed by atoms with E-state index >= 15 is 0 Å². The van der Waals surface area contributed by atoms with Crippen LogP contribution in [0.2, 0.25) is 0 Å². The molecule has 1 spiro atoms. The number of fused-ring (bicyclic) bond motifs is 3. The highest BCUT2D eigenvalue weighted by atomic mass is 16.7. The molecule has 0 radical (unpaired) electrons. The van der Waals surface area contributed by atoms with E-state index in [4.69, 9.17) is 9.47 Å². The zero-order valence-electron chi connectivity index (χ0n) is 14.1. The SMILES string of the molecule is O=C(Nc1ccc2c(c1)OC1(CCCCC1)O2)C1CC2CCC1C2. The van der Waals surface area contributed by atoms with Gasteiger partial charge in [-0.1, -0.05) is 12.8 Å². The van der Waals surface area contributed by atoms with Crippen LogP contribution in [-0.4, -0.2) is 11.7 Å². The van der Waals surface area contributed by atoms with Crippen molar-refractivity contribution in [2.75, 3.05) is 5.32 Å². The molecule has 3 fully saturated rings. The van der Waals surface area contributed by atoms with Crippen molar-refractivity contribution in [1.29, 1.82) is 0 Å². The summed E-state index contributed by atoms with van der Waals surface area (Å²) in [5, 5.41) is 3.12. The number of nitrogens with one attached hydrogen (secondary N) is 1. The molecule has 1 amide bonds. The highest BCUT2D eigenvalue weighted by Crippen LogP contribution is 2.49. The van der Waals surface area contributed by atoms with Crippen LogP contribution in [0.1, 0.15) is 57.8 Å². The molecule has 4 aliphatic rings. The molecule has 1 N–H and O–H groups in total. The maximum Gasteiger partial charge on any atom is 0.251 e. The molecule has 1 aromatic rings. The Kier molecular flexibility index (Phi) is 3.29. The number of carbonyl (C=O) groups is 1. The number of hydrogen-bond acceptors (Lipinski definition) is 3. The fraction of sp³-hybridized carbons (Fsp3) is 0.650. The van der Waals surface area contributed by atoms with E-state index in [1.54, 1.807) is 0 Å². The minimum absolute atomic E-state index is 0.188. The zero-order chi connectivity index (χ0) is 16.1. The fourth-order valence-electron chi connectivity index (χ4n) is 5.27. The first kappa shape index (κ1) is 14.6. The summed E-state index contributed by atoms with van der Waals surface area (Å²) < 4.78 is 12.3. The number of anilines is 1. The molecule has 1 aliphatic heterocycles. The second-order valence-electron chi connectivity index (χ2n) is 8.11. The Labute approximate surface area is 142 Å². The third kappa shape index (κ3) is 2.38. The van der Waals surface area contributed by atoms with Crippen molar-refractivity contribution in [3.8, 4) is 11.5 Å². The molecular weight excluding hydrogens is 302 g/mol. The third-order valence-electron chi connectivity index (χ3n) is 6.49. The molecule has 0 saturated heterocycles. The highest BCUT2D eigenvalue weighted by molar-refractivity contribution is 5.93. The second-order valence-corrected chi connectivity index (χ2v) is 8.11. The van der Waals surface area contributed by atoms with E-state index in [0.717, 1.165) is 55.2 Å². The summed E-state index contributed by atoms with van der Waals surface area (Å²) in [5.41, 5.74) is 0.831. The van der Waals surface area contributed by atoms with Crippen LogP contribution >= 0.6 is 0 Å². The number of rotatable bonds is 2. The Bertz CT molecular complexity index is 665. The molecule has 4 nitrogen and oxygen atoms in total. The number of hydrogen-bond donors (Lipinski definition) is 1. The van der Waals surface area contributed by atoms with Crippen molar-refractivity contribution in [3.63, 3.8) is 0 Å². The molecule has 2 bridgehead atoms. The average Bonchev–Trinajstić information content (AvgIpc) is 3.28. The van der Waals surface area contributed by atoms with Crippen molar-refractivity contribution < 1.29 is 14.3 Å². The van der Waals surface area contributed by atoms with Gasteiger partial charge in [-0.05, 0) is 56.1 Å². The minimum Gasteiger partial charge on any atom is -0.448 e. The Hall–Kier alpha value is -1.71. The van der Waals surface area contributed by atoms with Crippen LogP contribution in [0.5, 0.6) is 11.5 Å². The molecule has 1 aromatic carbocycles. The van der Waals surface area contributed by atoms with Crippen LogP contribution < -0.4 is 14.8 Å². The number of amides is 1. The van der Waals surface area contributed by atoms with Gasteiger partial charge >= 0.3 is 0 Å². The van der Waals surface area contributed by atoms with E-state index in [0.29, 0.717) is 5.92 Å². The van der Waals surface area contributed by atoms with Crippen LogP contribution in [0.25, 0.3) is 0 Å². The Balaban J connectivity index is 1.29. The first-order valence-electron chi connectivity index (χ1n) is 9.54. The number of benzene rings is 1. The predicted octanol–water partition coefficient (Wildman–Crippen LogP) is 4.49. The standard InChI is InChI=1S/C20H25NO3/c22-19(16-11-13-4-5-14(16)10-13)21-15-6-7-17-18(12-15)24-20(23-17)8-2-1-3-9-20/h6-7,12-14,16H,1-5,8-11H2,(H,21,22). The van der Waals surface area contributed by atoms with Crippen LogP contribution in [0.3, 0.4) is 0 Å². The molecule has 3 atom stereocenters. The van der Waals surface area contributed by atoms with Crippen LogP contribution in [-0.2, 0) is 4.79 Å². The second kappa shape index (κ2) is 5.40. The first-order chi connectivity index (χ1) is 11.7. The largest absolute Gasteiger partial charge is 0.448 e. The monoisotopic (exact) mass is 327 g/mol. The predicted molar refractivity (Wildman–Crippen MR) is 91.1 cm³/mol. The molecule has 4 heteroatoms. The molecule has 3 saturated carbocycles. The summed E-state index contributed by atoms with van der Waals surface area (Å²) in [7, 11) is 0. The maximum atomic E-state index is 12.6. The van der Waals surface area contributed by atoms with Gasteiger partial charge < -0.3 is 14.8 Å². The summed E-state index contributed by atoms with van der Waals surface area (Å²) in [6.07, 6.45) is 10.3. The Morgan fingerprint density at radius 2 is 1.88 bits per heavy atom. The van der Waals surface area contributed by atoms with E-state index in [9.17, 15) is 4.79 Å². The van der Waals surface area contributed by atoms with E-state index < -0.39 is 5.79 Å².